The summed E-state index contributed by atoms with van der Waals surface area (Å²) in [5.41, 5.74) is 2.54. The zero-order valence-electron chi connectivity index (χ0n) is 19.8. The van der Waals surface area contributed by atoms with Crippen molar-refractivity contribution in [2.75, 3.05) is 13.7 Å². The minimum atomic E-state index is -0.406. The van der Waals surface area contributed by atoms with Gasteiger partial charge in [-0.1, -0.05) is 37.6 Å². The van der Waals surface area contributed by atoms with Gasteiger partial charge in [0.2, 0.25) is 0 Å². The van der Waals surface area contributed by atoms with Crippen molar-refractivity contribution in [2.24, 2.45) is 0 Å². The van der Waals surface area contributed by atoms with Crippen molar-refractivity contribution in [3.63, 3.8) is 0 Å². The van der Waals surface area contributed by atoms with Gasteiger partial charge < -0.3 is 14.4 Å². The molecule has 3 aromatic rings. The van der Waals surface area contributed by atoms with E-state index in [2.05, 4.69) is 17.1 Å². The average Bonchev–Trinajstić information content (AvgIpc) is 3.40. The van der Waals surface area contributed by atoms with E-state index in [1.807, 2.05) is 42.2 Å². The summed E-state index contributed by atoms with van der Waals surface area (Å²) in [6.07, 6.45) is 6.16. The second-order valence-electron chi connectivity index (χ2n) is 8.49. The fourth-order valence-electron chi connectivity index (χ4n) is 4.44. The number of hydrogen-bond donors (Lipinski definition) is 0. The van der Waals surface area contributed by atoms with Crippen molar-refractivity contribution in [2.45, 2.75) is 51.7 Å². The number of ether oxygens (including phenoxy) is 2. The van der Waals surface area contributed by atoms with Crippen molar-refractivity contribution in [1.82, 2.24) is 19.9 Å². The molecule has 0 aliphatic carbocycles. The number of carbonyl (C=O) groups is 2. The Morgan fingerprint density at radius 2 is 1.82 bits per heavy atom. The van der Waals surface area contributed by atoms with E-state index in [0.29, 0.717) is 29.1 Å². The predicted molar refractivity (Wildman–Crippen MR) is 127 cm³/mol. The molecule has 1 fully saturated rings. The highest BCUT2D eigenvalue weighted by Crippen LogP contribution is 2.29. The predicted octanol–water partition coefficient (Wildman–Crippen LogP) is 4.08. The van der Waals surface area contributed by atoms with Crippen LogP contribution in [0.1, 0.15) is 59.4 Å². The monoisotopic (exact) mass is 462 g/mol. The van der Waals surface area contributed by atoms with Crippen LogP contribution in [0.5, 0.6) is 5.75 Å². The Hall–Kier alpha value is -3.68. The molecule has 178 valence electrons. The van der Waals surface area contributed by atoms with E-state index in [9.17, 15) is 9.59 Å². The molecule has 4 rings (SSSR count). The maximum Gasteiger partial charge on any atom is 0.341 e. The van der Waals surface area contributed by atoms with E-state index in [4.69, 9.17) is 9.47 Å². The van der Waals surface area contributed by atoms with E-state index in [0.717, 1.165) is 31.2 Å². The summed E-state index contributed by atoms with van der Waals surface area (Å²) in [6.45, 7) is 4.53. The molecule has 2 atom stereocenters. The number of aryl methyl sites for hydroxylation is 1. The lowest BCUT2D eigenvalue weighted by atomic mass is 9.98. The van der Waals surface area contributed by atoms with Crippen LogP contribution < -0.4 is 4.74 Å². The molecule has 2 aromatic carbocycles. The van der Waals surface area contributed by atoms with Gasteiger partial charge in [0.25, 0.3) is 5.91 Å². The largest absolute Gasteiger partial charge is 0.488 e. The van der Waals surface area contributed by atoms with Crippen LogP contribution in [-0.2, 0) is 11.2 Å². The van der Waals surface area contributed by atoms with Crippen LogP contribution in [0.25, 0.3) is 5.69 Å². The number of para-hydroxylation sites is 1. The number of carbonyl (C=O) groups excluding carboxylic acids is 2. The molecular formula is C26H30N4O4. The van der Waals surface area contributed by atoms with Gasteiger partial charge in [0.15, 0.2) is 0 Å². The van der Waals surface area contributed by atoms with Crippen molar-refractivity contribution in [1.29, 1.82) is 0 Å². The molecule has 1 aromatic heterocycles. The number of piperidine rings is 1. The molecule has 2 heterocycles. The molecule has 0 saturated carbocycles. The summed E-state index contributed by atoms with van der Waals surface area (Å²) in [7, 11) is 1.38. The van der Waals surface area contributed by atoms with E-state index >= 15 is 0 Å². The molecule has 0 unspecified atom stereocenters. The highest BCUT2D eigenvalue weighted by molar-refractivity contribution is 5.98. The molecule has 0 radical (unpaired) electrons. The second-order valence-corrected chi connectivity index (χ2v) is 8.49. The summed E-state index contributed by atoms with van der Waals surface area (Å²) in [4.78, 5) is 29.5. The Balaban J connectivity index is 1.58. The van der Waals surface area contributed by atoms with Gasteiger partial charge in [0.05, 0.1) is 37.3 Å². The standard InChI is InChI=1S/C26H30N4O4/c1-4-8-19-9-7-12-23(24(19)26(32)33-3)34-20-14-13-18(2)29(17-20)25(31)21-10-5-6-11-22(21)30-27-15-16-28-30/h5-7,9-12,15-16,18,20H,4,8,13-14,17H2,1-3H3/t18-,20-/m1/s1. The van der Waals surface area contributed by atoms with E-state index in [-0.39, 0.29) is 18.1 Å². The number of aromatic nitrogens is 3. The van der Waals surface area contributed by atoms with Gasteiger partial charge in [-0.3, -0.25) is 4.79 Å². The number of rotatable bonds is 7. The average molecular weight is 463 g/mol. The van der Waals surface area contributed by atoms with Crippen LogP contribution in [0, 0.1) is 0 Å². The third-order valence-electron chi connectivity index (χ3n) is 6.18. The van der Waals surface area contributed by atoms with Crippen LogP contribution in [0.15, 0.2) is 54.9 Å². The van der Waals surface area contributed by atoms with Crippen molar-refractivity contribution in [3.05, 3.63) is 71.5 Å². The number of nitrogens with zero attached hydrogens (tertiary/aromatic N) is 4. The fourth-order valence-corrected chi connectivity index (χ4v) is 4.44. The Morgan fingerprint density at radius 3 is 2.56 bits per heavy atom. The van der Waals surface area contributed by atoms with Gasteiger partial charge in [-0.15, -0.1) is 0 Å². The number of methoxy groups -OCH3 is 1. The van der Waals surface area contributed by atoms with Crippen LogP contribution in [-0.4, -0.2) is 57.6 Å². The SMILES string of the molecule is CCCc1cccc(O[C@@H]2CC[C@@H](C)N(C(=O)c3ccccc3-n3nccn3)C2)c1C(=O)OC. The summed E-state index contributed by atoms with van der Waals surface area (Å²) in [5.74, 6) is 0.00401. The van der Waals surface area contributed by atoms with E-state index in [1.165, 1.54) is 11.9 Å². The maximum absolute atomic E-state index is 13.6. The summed E-state index contributed by atoms with van der Waals surface area (Å²) < 4.78 is 11.4. The normalized spacial score (nSPS) is 17.9. The highest BCUT2D eigenvalue weighted by atomic mass is 16.5. The lowest BCUT2D eigenvalue weighted by molar-refractivity contribution is 0.0371. The molecular weight excluding hydrogens is 432 g/mol. The lowest BCUT2D eigenvalue weighted by Crippen LogP contribution is -2.49. The van der Waals surface area contributed by atoms with Gasteiger partial charge in [-0.05, 0) is 49.9 Å². The fraction of sp³-hybridized carbons (Fsp3) is 0.385. The van der Waals surface area contributed by atoms with E-state index in [1.54, 1.807) is 24.5 Å². The molecule has 34 heavy (non-hydrogen) atoms. The van der Waals surface area contributed by atoms with Crippen LogP contribution in [0.4, 0.5) is 0 Å². The quantitative estimate of drug-likeness (QED) is 0.492. The molecule has 1 aliphatic rings. The first-order valence-electron chi connectivity index (χ1n) is 11.7. The number of benzene rings is 2. The third kappa shape index (κ3) is 4.81. The Kier molecular flexibility index (Phi) is 7.25. The Morgan fingerprint density at radius 1 is 1.06 bits per heavy atom. The van der Waals surface area contributed by atoms with Gasteiger partial charge in [0.1, 0.15) is 17.4 Å². The second kappa shape index (κ2) is 10.5. The smallest absolute Gasteiger partial charge is 0.341 e. The van der Waals surface area contributed by atoms with Crippen LogP contribution in [0.2, 0.25) is 0 Å². The molecule has 8 heteroatoms. The van der Waals surface area contributed by atoms with Crippen LogP contribution in [0.3, 0.4) is 0 Å². The van der Waals surface area contributed by atoms with E-state index < -0.39 is 5.97 Å². The number of likely N-dealkylation sites (tertiary alicyclic amines) is 1. The molecule has 0 spiro atoms. The minimum absolute atomic E-state index is 0.0532. The Labute approximate surface area is 199 Å². The van der Waals surface area contributed by atoms with Gasteiger partial charge in [0, 0.05) is 6.04 Å². The zero-order valence-corrected chi connectivity index (χ0v) is 19.8. The first-order valence-corrected chi connectivity index (χ1v) is 11.7. The molecule has 1 aliphatic heterocycles. The van der Waals surface area contributed by atoms with Crippen molar-refractivity contribution < 1.29 is 19.1 Å². The van der Waals surface area contributed by atoms with Crippen molar-refractivity contribution >= 4 is 11.9 Å². The number of hydrogen-bond acceptors (Lipinski definition) is 6. The summed E-state index contributed by atoms with van der Waals surface area (Å²) in [5, 5.41) is 8.38. The Bertz CT molecular complexity index is 1150. The number of esters is 1. The van der Waals surface area contributed by atoms with Crippen LogP contribution >= 0.6 is 0 Å². The zero-order chi connectivity index (χ0) is 24.1. The minimum Gasteiger partial charge on any atom is -0.488 e. The molecule has 1 amide bonds. The molecule has 1 saturated heterocycles. The third-order valence-corrected chi connectivity index (χ3v) is 6.18. The summed E-state index contributed by atoms with van der Waals surface area (Å²) in [6, 6.07) is 13.0. The maximum atomic E-state index is 13.6. The van der Waals surface area contributed by atoms with Crippen molar-refractivity contribution in [3.8, 4) is 11.4 Å². The van der Waals surface area contributed by atoms with Gasteiger partial charge in [-0.25, -0.2) is 4.79 Å². The van der Waals surface area contributed by atoms with Gasteiger partial charge >= 0.3 is 5.97 Å². The lowest BCUT2D eigenvalue weighted by Gasteiger charge is -2.38. The molecule has 8 nitrogen and oxygen atoms in total. The summed E-state index contributed by atoms with van der Waals surface area (Å²) >= 11 is 0. The first-order chi connectivity index (χ1) is 16.5. The van der Waals surface area contributed by atoms with Gasteiger partial charge in [-0.2, -0.15) is 15.0 Å². The molecule has 0 N–H and O–H groups in total. The first kappa shape index (κ1) is 23.5. The topological polar surface area (TPSA) is 86.5 Å². The highest BCUT2D eigenvalue weighted by Gasteiger charge is 2.33. The molecule has 0 bridgehead atoms. The number of amides is 1.